The second-order valence-corrected chi connectivity index (χ2v) is 36.9. The molecular weight excluding hydrogens is 1770 g/mol. The van der Waals surface area contributed by atoms with Crippen molar-refractivity contribution < 1.29 is 70.7 Å². The molecular formula is C97H99BrClF3N8O12S4. The summed E-state index contributed by atoms with van der Waals surface area (Å²) in [6, 6.07) is 54.2. The van der Waals surface area contributed by atoms with E-state index in [0.29, 0.717) is 68.2 Å². The number of nitrogens with zero attached hydrogens (tertiary/aromatic N) is 8. The van der Waals surface area contributed by atoms with Gasteiger partial charge in [0.2, 0.25) is 0 Å². The van der Waals surface area contributed by atoms with E-state index in [4.69, 9.17) is 84.2 Å². The molecule has 0 saturated carbocycles. The van der Waals surface area contributed by atoms with Crippen molar-refractivity contribution in [3.63, 3.8) is 0 Å². The van der Waals surface area contributed by atoms with Crippen LogP contribution in [0, 0.1) is 17.5 Å². The van der Waals surface area contributed by atoms with E-state index in [2.05, 4.69) is 71.8 Å². The first-order valence-corrected chi connectivity index (χ1v) is 44.3. The van der Waals surface area contributed by atoms with Gasteiger partial charge in [0.05, 0.1) is 47.5 Å². The summed E-state index contributed by atoms with van der Waals surface area (Å²) in [6.45, 7) is 23.6. The summed E-state index contributed by atoms with van der Waals surface area (Å²) in [5, 5.41) is 13.9. The van der Waals surface area contributed by atoms with Gasteiger partial charge in [0.15, 0.2) is 6.61 Å². The molecule has 0 fully saturated rings. The molecule has 4 aliphatic heterocycles. The number of carbonyl (C=O) groups is 5. The quantitative estimate of drug-likeness (QED) is 0.0430. The van der Waals surface area contributed by atoms with Crippen molar-refractivity contribution in [3.05, 3.63) is 270 Å². The second kappa shape index (κ2) is 39.5. The van der Waals surface area contributed by atoms with Crippen LogP contribution in [0.3, 0.4) is 0 Å². The van der Waals surface area contributed by atoms with Crippen LogP contribution in [0.1, 0.15) is 137 Å². The third-order valence-electron chi connectivity index (χ3n) is 21.4. The summed E-state index contributed by atoms with van der Waals surface area (Å²) < 4.78 is 83.5. The van der Waals surface area contributed by atoms with Gasteiger partial charge in [-0.3, -0.25) is 19.2 Å². The molecule has 4 aliphatic rings. The monoisotopic (exact) mass is 1870 g/mol. The van der Waals surface area contributed by atoms with Gasteiger partial charge in [-0.1, -0.05) is 180 Å². The number of fused-ring (bicyclic) bond motifs is 12. The summed E-state index contributed by atoms with van der Waals surface area (Å²) in [5.74, 6) is -2.98. The first kappa shape index (κ1) is 92.7. The van der Waals surface area contributed by atoms with Gasteiger partial charge < -0.3 is 71.4 Å². The van der Waals surface area contributed by atoms with E-state index >= 15 is 0 Å². The standard InChI is InChI=1S/C25H26N2O5S.C24H22BrF3N2O2S.C24H25ClN2O2S.C24H26N2O3S/c1-3-31-22(28)15-27-21-10-9-18(32-16-23(29)30-2)13-20(21)19-11-12-26(25(33)24(19)27)14-17-7-5-4-6-8-17;1-24(2,3)32-20(31)12-30-19-10-15(26)9-18(28)21(19)16-6-7-29(23(33)22(16)30)11-13-4-5-14(25)8-17(13)27;1-24(2,3)29-21(28)15-27-20-13-17(25)9-10-18(20)19-11-12-26(23(30)22(19)27)14-16-7-5-4-6-8-16;1-24(2,3)29-21(28)15-26-20-10-9-17(27)13-19(20)18-11-12-25(23(30)22(18)26)14-16-7-5-4-6-8-16/h4-10,13H,3,11-12,14-16H2,1-2H3;4-5,8-10H,6-7,11-12H2,1-3H3;4-10,13H,11-12,14-15H2,1-3H3;4-10,13,27H,11-12,14-15H2,1-3H3. The minimum absolute atomic E-state index is 0.0708. The number of benzene rings is 8. The molecule has 8 aromatic carbocycles. The number of halogens is 5. The fourth-order valence-corrected chi connectivity index (χ4v) is 18.4. The van der Waals surface area contributed by atoms with Gasteiger partial charge in [0.25, 0.3) is 0 Å². The zero-order valence-electron chi connectivity index (χ0n) is 72.0. The molecule has 0 spiro atoms. The number of ether oxygens (including phenoxy) is 6. The van der Waals surface area contributed by atoms with Crippen LogP contribution in [0.2, 0.25) is 5.02 Å². The Kier molecular flexibility index (Phi) is 29.0. The van der Waals surface area contributed by atoms with Crippen molar-refractivity contribution >= 4 is 170 Å². The van der Waals surface area contributed by atoms with E-state index in [1.807, 2.05) is 151 Å². The highest BCUT2D eigenvalue weighted by atomic mass is 79.9. The maximum absolute atomic E-state index is 14.8. The lowest BCUT2D eigenvalue weighted by molar-refractivity contribution is -0.156. The highest BCUT2D eigenvalue weighted by molar-refractivity contribution is 9.10. The fraction of sp³-hybridized carbons (Fsp3) is 0.330. The van der Waals surface area contributed by atoms with Crippen LogP contribution in [0.5, 0.6) is 11.5 Å². The Hall–Kier alpha value is -11.0. The lowest BCUT2D eigenvalue weighted by Crippen LogP contribution is -2.38. The normalized spacial score (nSPS) is 13.8. The molecule has 8 heterocycles. The summed E-state index contributed by atoms with van der Waals surface area (Å²) in [7, 11) is 1.32. The summed E-state index contributed by atoms with van der Waals surface area (Å²) in [4.78, 5) is 72.8. The highest BCUT2D eigenvalue weighted by Crippen LogP contribution is 2.40. The second-order valence-electron chi connectivity index (χ2n) is 34.0. The fourth-order valence-electron chi connectivity index (χ4n) is 16.3. The Balaban J connectivity index is 0.000000144. The zero-order chi connectivity index (χ0) is 90.4. The topological polar surface area (TPSA) is 194 Å². The molecule has 658 valence electrons. The van der Waals surface area contributed by atoms with E-state index in [9.17, 15) is 42.3 Å². The Morgan fingerprint density at radius 2 is 0.849 bits per heavy atom. The van der Waals surface area contributed by atoms with Gasteiger partial charge in [-0.25, -0.2) is 18.0 Å². The number of esters is 5. The smallest absolute Gasteiger partial charge is 0.343 e. The molecule has 1 N–H and O–H groups in total. The molecule has 0 amide bonds. The number of hydrogen-bond acceptors (Lipinski definition) is 16. The van der Waals surface area contributed by atoms with Gasteiger partial charge in [-0.2, -0.15) is 0 Å². The van der Waals surface area contributed by atoms with Crippen molar-refractivity contribution in [1.82, 2.24) is 37.9 Å². The highest BCUT2D eigenvalue weighted by Gasteiger charge is 2.37. The number of phenols is 1. The van der Waals surface area contributed by atoms with Gasteiger partial charge in [0.1, 0.15) is 91.9 Å². The average molecular weight is 1870 g/mol. The number of rotatable bonds is 20. The van der Waals surface area contributed by atoms with Crippen molar-refractivity contribution in [1.29, 1.82) is 0 Å². The molecule has 0 radical (unpaired) electrons. The van der Waals surface area contributed by atoms with Gasteiger partial charge in [-0.05, 0) is 201 Å². The summed E-state index contributed by atoms with van der Waals surface area (Å²) >= 11 is 33.0. The molecule has 16 rings (SSSR count). The van der Waals surface area contributed by atoms with Crippen LogP contribution < -0.4 is 4.74 Å². The van der Waals surface area contributed by atoms with E-state index < -0.39 is 40.4 Å². The third-order valence-corrected chi connectivity index (χ3v) is 23.9. The Morgan fingerprint density at radius 1 is 0.437 bits per heavy atom. The van der Waals surface area contributed by atoms with Crippen LogP contribution in [0.25, 0.3) is 43.6 Å². The molecule has 4 aromatic heterocycles. The Bertz CT molecular complexity index is 6150. The van der Waals surface area contributed by atoms with Crippen molar-refractivity contribution in [3.8, 4) is 11.5 Å². The number of hydrogen-bond donors (Lipinski definition) is 1. The van der Waals surface area contributed by atoms with Crippen molar-refractivity contribution in [2.24, 2.45) is 0 Å². The van der Waals surface area contributed by atoms with E-state index in [1.165, 1.54) is 46.1 Å². The number of aromatic nitrogens is 4. The SMILES string of the molecule is CC(C)(C)OC(=O)Cn1c2c(c3c(F)cc(F)cc31)CCN(Cc1ccc(Br)cc1F)C2=S.CC(C)(C)OC(=O)Cn1c2c(c3cc(O)ccc31)CCN(Cc1ccccc1)C2=S.CC(C)(C)OC(=O)Cn1c2c(c3ccc(Cl)cc31)CCN(Cc1ccccc1)C2=S.CCOC(=O)Cn1c2c(c3cc(OCC(=O)OC)ccc31)CCN(Cc1ccccc1)C2=S. The first-order chi connectivity index (χ1) is 59.9. The molecule has 0 saturated heterocycles. The Labute approximate surface area is 765 Å². The number of phenolic OH excluding ortho intramolecular Hbond substituents is 1. The molecule has 126 heavy (non-hydrogen) atoms. The molecule has 0 atom stereocenters. The molecule has 0 aliphatic carbocycles. The predicted octanol–water partition coefficient (Wildman–Crippen LogP) is 19.2. The molecule has 0 unspecified atom stereocenters. The van der Waals surface area contributed by atoms with E-state index in [-0.39, 0.29) is 79.7 Å². The number of carbonyl (C=O) groups excluding carboxylic acids is 5. The predicted molar refractivity (Wildman–Crippen MR) is 503 cm³/mol. The minimum atomic E-state index is -0.750. The maximum Gasteiger partial charge on any atom is 0.343 e. The summed E-state index contributed by atoms with van der Waals surface area (Å²) in [5.41, 5.74) is 12.2. The first-order valence-electron chi connectivity index (χ1n) is 41.4. The molecule has 20 nitrogen and oxygen atoms in total. The lowest BCUT2D eigenvalue weighted by Gasteiger charge is -2.31. The maximum atomic E-state index is 14.8. The van der Waals surface area contributed by atoms with Crippen molar-refractivity contribution in [2.45, 2.75) is 164 Å². The van der Waals surface area contributed by atoms with Crippen LogP contribution in [-0.2, 0) is 126 Å². The molecule has 12 aromatic rings. The molecule has 0 bridgehead atoms. The largest absolute Gasteiger partial charge is 0.508 e. The van der Waals surface area contributed by atoms with Gasteiger partial charge in [-0.15, -0.1) is 0 Å². The van der Waals surface area contributed by atoms with Gasteiger partial charge >= 0.3 is 29.8 Å². The Morgan fingerprint density at radius 3 is 1.30 bits per heavy atom. The number of thiocarbonyl (C=S) groups is 4. The van der Waals surface area contributed by atoms with Crippen molar-refractivity contribution in [2.75, 3.05) is 46.5 Å². The van der Waals surface area contributed by atoms with Gasteiger partial charge in [0, 0.05) is 106 Å². The lowest BCUT2D eigenvalue weighted by atomic mass is 10.0. The van der Waals surface area contributed by atoms with E-state index in [1.54, 1.807) is 58.0 Å². The van der Waals surface area contributed by atoms with Crippen LogP contribution in [0.4, 0.5) is 13.2 Å². The third kappa shape index (κ3) is 22.0. The summed E-state index contributed by atoms with van der Waals surface area (Å²) in [6.07, 6.45) is 2.84. The van der Waals surface area contributed by atoms with E-state index in [0.717, 1.165) is 129 Å². The molecule has 29 heteroatoms. The van der Waals surface area contributed by atoms with Crippen LogP contribution >= 0.6 is 76.4 Å². The average Bonchev–Trinajstić information content (AvgIpc) is 1.60. The van der Waals surface area contributed by atoms with Crippen LogP contribution in [0.15, 0.2) is 180 Å². The zero-order valence-corrected chi connectivity index (χ0v) is 77.6. The number of aromatic hydroxyl groups is 1. The number of methoxy groups -OCH3 is 1. The minimum Gasteiger partial charge on any atom is -0.508 e. The van der Waals surface area contributed by atoms with Crippen LogP contribution in [-0.4, -0.2) is 156 Å².